The Balaban J connectivity index is 3.17. The van der Waals surface area contributed by atoms with E-state index in [4.69, 9.17) is 25.7 Å². The minimum absolute atomic E-state index is 0.187. The molecule has 0 aliphatic rings. The van der Waals surface area contributed by atoms with Gasteiger partial charge in [-0.3, -0.25) is 4.79 Å². The molecule has 0 saturated carbocycles. The van der Waals surface area contributed by atoms with Crippen LogP contribution < -0.4 is 25.7 Å². The molecule has 1 amide bonds. The Hall–Kier alpha value is -1.95. The highest BCUT2D eigenvalue weighted by atomic mass is 16.5. The van der Waals surface area contributed by atoms with Crippen LogP contribution in [0.15, 0.2) is 12.1 Å². The van der Waals surface area contributed by atoms with Crippen molar-refractivity contribution in [2.75, 3.05) is 27.9 Å². The zero-order valence-corrected chi connectivity index (χ0v) is 11.4. The van der Waals surface area contributed by atoms with Crippen LogP contribution in [0.3, 0.4) is 0 Å². The molecule has 106 valence electrons. The summed E-state index contributed by atoms with van der Waals surface area (Å²) in [4.78, 5) is 11.3. The standard InChI is InChI=1S/C13H20N2O4/c1-17-10-5-4-8(6-9(7-14)13(15)16)11(18-2)12(10)19-3/h4-5,9H,6-7,14H2,1-3H3,(H2,15,16). The molecule has 0 bridgehead atoms. The van der Waals surface area contributed by atoms with E-state index in [0.29, 0.717) is 23.7 Å². The van der Waals surface area contributed by atoms with Gasteiger partial charge in [-0.2, -0.15) is 0 Å². The van der Waals surface area contributed by atoms with Crippen molar-refractivity contribution < 1.29 is 19.0 Å². The Morgan fingerprint density at radius 2 is 1.79 bits per heavy atom. The Bertz CT molecular complexity index is 449. The lowest BCUT2D eigenvalue weighted by Gasteiger charge is -2.17. The van der Waals surface area contributed by atoms with Crippen LogP contribution in [0.2, 0.25) is 0 Å². The van der Waals surface area contributed by atoms with E-state index in [2.05, 4.69) is 0 Å². The third-order valence-corrected chi connectivity index (χ3v) is 2.94. The Morgan fingerprint density at radius 3 is 2.21 bits per heavy atom. The second-order valence-electron chi connectivity index (χ2n) is 4.03. The Kier molecular flexibility index (Phi) is 5.44. The average Bonchev–Trinajstić information content (AvgIpc) is 2.42. The number of rotatable bonds is 7. The highest BCUT2D eigenvalue weighted by Crippen LogP contribution is 2.40. The van der Waals surface area contributed by atoms with Crippen LogP contribution in [0, 0.1) is 5.92 Å². The molecular weight excluding hydrogens is 248 g/mol. The topological polar surface area (TPSA) is 96.8 Å². The Morgan fingerprint density at radius 1 is 1.16 bits per heavy atom. The second kappa shape index (κ2) is 6.84. The van der Waals surface area contributed by atoms with Crippen molar-refractivity contribution in [2.45, 2.75) is 6.42 Å². The van der Waals surface area contributed by atoms with Gasteiger partial charge in [0, 0.05) is 6.54 Å². The van der Waals surface area contributed by atoms with Crippen LogP contribution in [0.5, 0.6) is 17.2 Å². The predicted octanol–water partition coefficient (Wildman–Crippen LogP) is 0.315. The number of carbonyl (C=O) groups is 1. The fourth-order valence-electron chi connectivity index (χ4n) is 1.89. The fourth-order valence-corrected chi connectivity index (χ4v) is 1.89. The van der Waals surface area contributed by atoms with Crippen molar-refractivity contribution in [3.63, 3.8) is 0 Å². The van der Waals surface area contributed by atoms with Gasteiger partial charge in [0.2, 0.25) is 11.7 Å². The smallest absolute Gasteiger partial charge is 0.222 e. The quantitative estimate of drug-likeness (QED) is 0.742. The summed E-state index contributed by atoms with van der Waals surface area (Å²) >= 11 is 0. The lowest BCUT2D eigenvalue weighted by molar-refractivity contribution is -0.121. The van der Waals surface area contributed by atoms with E-state index >= 15 is 0 Å². The molecule has 0 aliphatic carbocycles. The molecule has 0 radical (unpaired) electrons. The van der Waals surface area contributed by atoms with Crippen LogP contribution in [0.4, 0.5) is 0 Å². The number of methoxy groups -OCH3 is 3. The Labute approximate surface area is 112 Å². The molecule has 0 aliphatic heterocycles. The third kappa shape index (κ3) is 3.29. The number of carbonyl (C=O) groups excluding carboxylic acids is 1. The van der Waals surface area contributed by atoms with Crippen LogP contribution in [-0.2, 0) is 11.2 Å². The number of benzene rings is 1. The van der Waals surface area contributed by atoms with Gasteiger partial charge in [-0.1, -0.05) is 6.07 Å². The summed E-state index contributed by atoms with van der Waals surface area (Å²) in [7, 11) is 4.60. The van der Waals surface area contributed by atoms with E-state index in [9.17, 15) is 4.79 Å². The molecule has 0 aromatic heterocycles. The average molecular weight is 268 g/mol. The number of ether oxygens (including phenoxy) is 3. The van der Waals surface area contributed by atoms with Crippen LogP contribution in [-0.4, -0.2) is 33.8 Å². The van der Waals surface area contributed by atoms with Gasteiger partial charge in [-0.25, -0.2) is 0 Å². The van der Waals surface area contributed by atoms with Gasteiger partial charge in [0.05, 0.1) is 27.2 Å². The van der Waals surface area contributed by atoms with E-state index in [1.54, 1.807) is 13.2 Å². The highest BCUT2D eigenvalue weighted by Gasteiger charge is 2.20. The summed E-state index contributed by atoms with van der Waals surface area (Å²) in [6.07, 6.45) is 0.398. The fraction of sp³-hybridized carbons (Fsp3) is 0.462. The predicted molar refractivity (Wildman–Crippen MR) is 71.5 cm³/mol. The maximum absolute atomic E-state index is 11.3. The first-order chi connectivity index (χ1) is 9.08. The summed E-state index contributed by atoms with van der Waals surface area (Å²) in [6.45, 7) is 0.187. The summed E-state index contributed by atoms with van der Waals surface area (Å²) in [6, 6.07) is 3.57. The summed E-state index contributed by atoms with van der Waals surface area (Å²) in [5.74, 6) is 0.710. The zero-order chi connectivity index (χ0) is 14.4. The van der Waals surface area contributed by atoms with Gasteiger partial charge >= 0.3 is 0 Å². The normalized spacial score (nSPS) is 11.8. The van der Waals surface area contributed by atoms with Crippen molar-refractivity contribution in [1.82, 2.24) is 0 Å². The molecule has 4 N–H and O–H groups in total. The molecule has 6 nitrogen and oxygen atoms in total. The monoisotopic (exact) mass is 268 g/mol. The third-order valence-electron chi connectivity index (χ3n) is 2.94. The molecule has 6 heteroatoms. The molecule has 1 aromatic rings. The number of hydrogen-bond donors (Lipinski definition) is 2. The molecular formula is C13H20N2O4. The molecule has 1 atom stereocenters. The van der Waals surface area contributed by atoms with E-state index in [0.717, 1.165) is 5.56 Å². The molecule has 1 rings (SSSR count). The molecule has 1 aromatic carbocycles. The maximum atomic E-state index is 11.3. The van der Waals surface area contributed by atoms with Crippen molar-refractivity contribution in [3.05, 3.63) is 17.7 Å². The van der Waals surface area contributed by atoms with Gasteiger partial charge in [0.25, 0.3) is 0 Å². The molecule has 0 spiro atoms. The molecule has 0 saturated heterocycles. The first-order valence-electron chi connectivity index (χ1n) is 5.86. The first kappa shape index (κ1) is 15.1. The van der Waals surface area contributed by atoms with Crippen LogP contribution in [0.25, 0.3) is 0 Å². The van der Waals surface area contributed by atoms with Gasteiger partial charge < -0.3 is 25.7 Å². The summed E-state index contributed by atoms with van der Waals surface area (Å²) in [5.41, 5.74) is 11.6. The number of hydrogen-bond acceptors (Lipinski definition) is 5. The number of amides is 1. The second-order valence-corrected chi connectivity index (χ2v) is 4.03. The van der Waals surface area contributed by atoms with Crippen LogP contribution >= 0.6 is 0 Å². The minimum atomic E-state index is -0.438. The zero-order valence-electron chi connectivity index (χ0n) is 11.4. The maximum Gasteiger partial charge on any atom is 0.222 e. The van der Waals surface area contributed by atoms with Crippen molar-refractivity contribution >= 4 is 5.91 Å². The van der Waals surface area contributed by atoms with E-state index < -0.39 is 11.8 Å². The van der Waals surface area contributed by atoms with Crippen molar-refractivity contribution in [3.8, 4) is 17.2 Å². The SMILES string of the molecule is COc1ccc(CC(CN)C(N)=O)c(OC)c1OC. The largest absolute Gasteiger partial charge is 0.493 e. The molecule has 0 fully saturated rings. The van der Waals surface area contributed by atoms with E-state index in [-0.39, 0.29) is 6.54 Å². The van der Waals surface area contributed by atoms with Crippen molar-refractivity contribution in [1.29, 1.82) is 0 Å². The summed E-state index contributed by atoms with van der Waals surface area (Å²) < 4.78 is 15.8. The molecule has 19 heavy (non-hydrogen) atoms. The summed E-state index contributed by atoms with van der Waals surface area (Å²) in [5, 5.41) is 0. The number of primary amides is 1. The van der Waals surface area contributed by atoms with Gasteiger partial charge in [-0.05, 0) is 18.1 Å². The van der Waals surface area contributed by atoms with Gasteiger partial charge in [0.1, 0.15) is 0 Å². The van der Waals surface area contributed by atoms with E-state index in [1.807, 2.05) is 6.07 Å². The van der Waals surface area contributed by atoms with E-state index in [1.165, 1.54) is 14.2 Å². The minimum Gasteiger partial charge on any atom is -0.493 e. The number of nitrogens with two attached hydrogens (primary N) is 2. The van der Waals surface area contributed by atoms with Crippen molar-refractivity contribution in [2.24, 2.45) is 17.4 Å². The lowest BCUT2D eigenvalue weighted by Crippen LogP contribution is -2.31. The van der Waals surface area contributed by atoms with Crippen LogP contribution in [0.1, 0.15) is 5.56 Å². The molecule has 1 unspecified atom stereocenters. The first-order valence-corrected chi connectivity index (χ1v) is 5.86. The van der Waals surface area contributed by atoms with Gasteiger partial charge in [-0.15, -0.1) is 0 Å². The van der Waals surface area contributed by atoms with Gasteiger partial charge in [0.15, 0.2) is 11.5 Å². The molecule has 0 heterocycles. The highest BCUT2D eigenvalue weighted by molar-refractivity contribution is 5.77. The lowest BCUT2D eigenvalue weighted by atomic mass is 9.97.